The zero-order valence-electron chi connectivity index (χ0n) is 18.1. The monoisotopic (exact) mass is 510 g/mol. The van der Waals surface area contributed by atoms with Crippen molar-refractivity contribution in [1.29, 1.82) is 0 Å². The molecule has 4 rings (SSSR count). The zero-order chi connectivity index (χ0) is 24.5. The maximum Gasteiger partial charge on any atom is 0.416 e. The Hall–Kier alpha value is -2.83. The molecular formula is C22H21F3N4O3S2. The number of halogens is 3. The lowest BCUT2D eigenvalue weighted by molar-refractivity contribution is -0.137. The average Bonchev–Trinajstić information content (AvgIpc) is 3.37. The van der Waals surface area contributed by atoms with E-state index < -0.39 is 11.7 Å². The van der Waals surface area contributed by atoms with Gasteiger partial charge in [0.05, 0.1) is 47.3 Å². The van der Waals surface area contributed by atoms with Crippen molar-refractivity contribution in [3.63, 3.8) is 0 Å². The number of Topliss-reactive ketones (excluding diaryl/α,β-unsaturated/α-hetero) is 1. The maximum atomic E-state index is 12.7. The molecule has 0 atom stereocenters. The van der Waals surface area contributed by atoms with Gasteiger partial charge in [0.1, 0.15) is 15.8 Å². The number of thiazole rings is 2. The smallest absolute Gasteiger partial charge is 0.389 e. The summed E-state index contributed by atoms with van der Waals surface area (Å²) < 4.78 is 38.2. The normalized spacial score (nSPS) is 14.2. The van der Waals surface area contributed by atoms with Gasteiger partial charge in [-0.15, -0.1) is 22.7 Å². The fourth-order valence-electron chi connectivity index (χ4n) is 3.54. The Morgan fingerprint density at radius 2 is 1.88 bits per heavy atom. The molecular weight excluding hydrogens is 489 g/mol. The molecule has 34 heavy (non-hydrogen) atoms. The van der Waals surface area contributed by atoms with Gasteiger partial charge in [-0.3, -0.25) is 9.59 Å². The number of benzene rings is 1. The van der Waals surface area contributed by atoms with Crippen molar-refractivity contribution >= 4 is 40.1 Å². The van der Waals surface area contributed by atoms with Crippen LogP contribution in [-0.4, -0.2) is 39.9 Å². The number of carbonyl (C=O) groups is 2. The van der Waals surface area contributed by atoms with E-state index in [-0.39, 0.29) is 37.2 Å². The first kappa shape index (κ1) is 24.3. The summed E-state index contributed by atoms with van der Waals surface area (Å²) in [5, 5.41) is 15.1. The minimum atomic E-state index is -4.37. The SMILES string of the molecule is CC(=O)NCc1nc(CO)sc1-c1csc(CC(=O)C2CN(c3ccc(C(F)(F)F)cc3)C2)n1. The highest BCUT2D eigenvalue weighted by Crippen LogP contribution is 2.34. The van der Waals surface area contributed by atoms with Gasteiger partial charge in [-0.25, -0.2) is 9.97 Å². The van der Waals surface area contributed by atoms with Gasteiger partial charge in [-0.1, -0.05) is 0 Å². The molecule has 7 nitrogen and oxygen atoms in total. The molecule has 1 aliphatic heterocycles. The molecule has 12 heteroatoms. The van der Waals surface area contributed by atoms with E-state index in [0.29, 0.717) is 40.2 Å². The predicted molar refractivity (Wildman–Crippen MR) is 123 cm³/mol. The van der Waals surface area contributed by atoms with Crippen LogP contribution in [0.2, 0.25) is 0 Å². The molecule has 0 spiro atoms. The van der Waals surface area contributed by atoms with Crippen LogP contribution in [0.3, 0.4) is 0 Å². The standard InChI is InChI=1S/C22H21F3N4O3S2/c1-12(31)26-7-16-21(34-20(10-30)27-16)17-11-33-19(28-17)6-18(32)13-8-29(9-13)15-4-2-14(3-5-15)22(23,24)25/h2-5,11,13,30H,6-10H2,1H3,(H,26,31). The molecule has 1 fully saturated rings. The highest BCUT2D eigenvalue weighted by atomic mass is 32.1. The number of nitrogens with zero attached hydrogens (tertiary/aromatic N) is 3. The number of aliphatic hydroxyl groups excluding tert-OH is 1. The van der Waals surface area contributed by atoms with Crippen LogP contribution >= 0.6 is 22.7 Å². The van der Waals surface area contributed by atoms with Gasteiger partial charge in [0.25, 0.3) is 0 Å². The van der Waals surface area contributed by atoms with E-state index in [1.807, 2.05) is 10.3 Å². The molecule has 2 N–H and O–H groups in total. The average molecular weight is 511 g/mol. The van der Waals surface area contributed by atoms with Gasteiger partial charge >= 0.3 is 6.18 Å². The Morgan fingerprint density at radius 1 is 1.18 bits per heavy atom. The number of anilines is 1. The summed E-state index contributed by atoms with van der Waals surface area (Å²) >= 11 is 2.64. The number of hydrogen-bond acceptors (Lipinski definition) is 8. The third kappa shape index (κ3) is 5.45. The molecule has 180 valence electrons. The summed E-state index contributed by atoms with van der Waals surface area (Å²) in [6.45, 7) is 2.32. The van der Waals surface area contributed by atoms with Crippen molar-refractivity contribution < 1.29 is 27.9 Å². The second kappa shape index (κ2) is 9.80. The van der Waals surface area contributed by atoms with Gasteiger partial charge in [0.2, 0.25) is 5.91 Å². The van der Waals surface area contributed by atoms with Crippen LogP contribution in [-0.2, 0) is 35.3 Å². The fraction of sp³-hybridized carbons (Fsp3) is 0.364. The highest BCUT2D eigenvalue weighted by molar-refractivity contribution is 7.16. The van der Waals surface area contributed by atoms with Gasteiger partial charge in [-0.2, -0.15) is 13.2 Å². The molecule has 1 saturated heterocycles. The van der Waals surface area contributed by atoms with E-state index in [9.17, 15) is 27.9 Å². The van der Waals surface area contributed by atoms with Gasteiger partial charge in [0.15, 0.2) is 0 Å². The summed E-state index contributed by atoms with van der Waals surface area (Å²) in [6.07, 6.45) is -4.20. The summed E-state index contributed by atoms with van der Waals surface area (Å²) in [5.74, 6) is -0.364. The van der Waals surface area contributed by atoms with Crippen LogP contribution in [0.15, 0.2) is 29.6 Å². The van der Waals surface area contributed by atoms with Crippen molar-refractivity contribution in [2.45, 2.75) is 32.7 Å². The van der Waals surface area contributed by atoms with Crippen LogP contribution in [0.5, 0.6) is 0 Å². The third-order valence-electron chi connectivity index (χ3n) is 5.39. The number of aromatic nitrogens is 2. The van der Waals surface area contributed by atoms with Crippen LogP contribution in [0, 0.1) is 5.92 Å². The predicted octanol–water partition coefficient (Wildman–Crippen LogP) is 3.66. The first-order valence-electron chi connectivity index (χ1n) is 10.4. The Balaban J connectivity index is 1.36. The molecule has 0 radical (unpaired) electrons. The minimum Gasteiger partial charge on any atom is -0.389 e. The molecule has 0 unspecified atom stereocenters. The van der Waals surface area contributed by atoms with E-state index >= 15 is 0 Å². The van der Waals surface area contributed by atoms with Gasteiger partial charge in [0, 0.05) is 31.1 Å². The number of nitrogens with one attached hydrogen (secondary N) is 1. The Bertz CT molecular complexity index is 1180. The summed E-state index contributed by atoms with van der Waals surface area (Å²) in [7, 11) is 0. The van der Waals surface area contributed by atoms with Crippen molar-refractivity contribution in [3.05, 3.63) is 50.9 Å². The second-order valence-electron chi connectivity index (χ2n) is 7.87. The van der Waals surface area contributed by atoms with Crippen LogP contribution < -0.4 is 10.2 Å². The molecule has 3 heterocycles. The number of aliphatic hydroxyl groups is 1. The topological polar surface area (TPSA) is 95.4 Å². The van der Waals surface area contributed by atoms with E-state index in [0.717, 1.165) is 17.0 Å². The highest BCUT2D eigenvalue weighted by Gasteiger charge is 2.34. The molecule has 2 aromatic heterocycles. The summed E-state index contributed by atoms with van der Waals surface area (Å²) in [5.41, 5.74) is 1.21. The number of ketones is 1. The molecule has 3 aromatic rings. The second-order valence-corrected chi connectivity index (χ2v) is 9.89. The molecule has 1 amide bonds. The zero-order valence-corrected chi connectivity index (χ0v) is 19.7. The molecule has 0 saturated carbocycles. The van der Waals surface area contributed by atoms with Crippen LogP contribution in [0.4, 0.5) is 18.9 Å². The lowest BCUT2D eigenvalue weighted by Gasteiger charge is -2.40. The van der Waals surface area contributed by atoms with Gasteiger partial charge < -0.3 is 15.3 Å². The van der Waals surface area contributed by atoms with E-state index in [4.69, 9.17) is 0 Å². The number of carbonyl (C=O) groups excluding carboxylic acids is 2. The number of alkyl halides is 3. The lowest BCUT2D eigenvalue weighted by Crippen LogP contribution is -2.50. The Kier molecular flexibility index (Phi) is 7.01. The molecule has 0 aliphatic carbocycles. The summed E-state index contributed by atoms with van der Waals surface area (Å²) in [4.78, 5) is 35.5. The van der Waals surface area contributed by atoms with E-state index in [1.54, 1.807) is 0 Å². The first-order valence-corrected chi connectivity index (χ1v) is 12.1. The van der Waals surface area contributed by atoms with Gasteiger partial charge in [-0.05, 0) is 24.3 Å². The first-order chi connectivity index (χ1) is 16.1. The Morgan fingerprint density at radius 3 is 2.50 bits per heavy atom. The van der Waals surface area contributed by atoms with Crippen LogP contribution in [0.1, 0.15) is 28.2 Å². The fourth-order valence-corrected chi connectivity index (χ4v) is 5.31. The maximum absolute atomic E-state index is 12.7. The lowest BCUT2D eigenvalue weighted by atomic mass is 9.92. The van der Waals surface area contributed by atoms with Crippen molar-refractivity contribution in [2.75, 3.05) is 18.0 Å². The number of rotatable bonds is 8. The van der Waals surface area contributed by atoms with Crippen molar-refractivity contribution in [2.24, 2.45) is 5.92 Å². The third-order valence-corrected chi connectivity index (χ3v) is 7.34. The molecule has 0 bridgehead atoms. The van der Waals surface area contributed by atoms with E-state index in [2.05, 4.69) is 15.3 Å². The Labute approximate surface area is 201 Å². The van der Waals surface area contributed by atoms with Crippen molar-refractivity contribution in [3.8, 4) is 10.6 Å². The minimum absolute atomic E-state index is 0.0304. The molecule has 1 aliphatic rings. The quantitative estimate of drug-likeness (QED) is 0.480. The summed E-state index contributed by atoms with van der Waals surface area (Å²) in [6, 6.07) is 4.93. The largest absolute Gasteiger partial charge is 0.416 e. The van der Waals surface area contributed by atoms with Crippen molar-refractivity contribution in [1.82, 2.24) is 15.3 Å². The number of amides is 1. The van der Waals surface area contributed by atoms with Crippen LogP contribution in [0.25, 0.3) is 10.6 Å². The number of hydrogen-bond donors (Lipinski definition) is 2. The molecule has 1 aromatic carbocycles. The van der Waals surface area contributed by atoms with E-state index in [1.165, 1.54) is 41.7 Å².